The van der Waals surface area contributed by atoms with Gasteiger partial charge >= 0.3 is 0 Å². The van der Waals surface area contributed by atoms with Crippen molar-refractivity contribution in [3.8, 4) is 11.5 Å². The van der Waals surface area contributed by atoms with Gasteiger partial charge in [0.25, 0.3) is 5.91 Å². The number of fused-ring (bicyclic) bond motifs is 1. The maximum absolute atomic E-state index is 12.6. The number of aliphatic hydroxyl groups excluding tert-OH is 2. The van der Waals surface area contributed by atoms with Crippen LogP contribution in [-0.2, 0) is 13.2 Å². The normalized spacial score (nSPS) is 12.1. The van der Waals surface area contributed by atoms with E-state index in [9.17, 15) is 20.1 Å². The second-order valence-corrected chi connectivity index (χ2v) is 8.70. The molecule has 0 saturated carbocycles. The zero-order chi connectivity index (χ0) is 25.7. The fourth-order valence-corrected chi connectivity index (χ4v) is 3.82. The Morgan fingerprint density at radius 2 is 1.78 bits per heavy atom. The highest BCUT2D eigenvalue weighted by Crippen LogP contribution is 2.31. The van der Waals surface area contributed by atoms with Crippen LogP contribution in [-0.4, -0.2) is 50.1 Å². The number of carbonyl (C=O) groups is 1. The molecule has 4 rings (SSSR count). The maximum Gasteiger partial charge on any atom is 0.251 e. The molecule has 1 amide bonds. The number of carbonyl (C=O) groups excluding carboxylic acids is 1. The molecule has 36 heavy (non-hydrogen) atoms. The topological polar surface area (TPSA) is 137 Å². The molecule has 0 aliphatic rings. The number of hydrogen-bond donors (Lipinski definition) is 5. The van der Waals surface area contributed by atoms with Crippen molar-refractivity contribution in [1.82, 2.24) is 15.3 Å². The molecule has 9 nitrogen and oxygen atoms in total. The molecule has 1 unspecified atom stereocenters. The Morgan fingerprint density at radius 1 is 1.00 bits per heavy atom. The van der Waals surface area contributed by atoms with Crippen molar-refractivity contribution in [3.05, 3.63) is 87.7 Å². The van der Waals surface area contributed by atoms with E-state index in [1.807, 2.05) is 24.3 Å². The van der Waals surface area contributed by atoms with Gasteiger partial charge in [0.1, 0.15) is 25.1 Å². The van der Waals surface area contributed by atoms with Gasteiger partial charge in [-0.2, -0.15) is 0 Å². The van der Waals surface area contributed by atoms with E-state index in [-0.39, 0.29) is 24.5 Å². The van der Waals surface area contributed by atoms with Gasteiger partial charge in [0, 0.05) is 21.2 Å². The van der Waals surface area contributed by atoms with Gasteiger partial charge < -0.3 is 35.1 Å². The predicted octanol–water partition coefficient (Wildman–Crippen LogP) is 3.43. The van der Waals surface area contributed by atoms with E-state index in [4.69, 9.17) is 32.7 Å². The van der Waals surface area contributed by atoms with Crippen molar-refractivity contribution >= 4 is 40.1 Å². The highest BCUT2D eigenvalue weighted by Gasteiger charge is 2.20. The first-order chi connectivity index (χ1) is 17.3. The van der Waals surface area contributed by atoms with Crippen molar-refractivity contribution in [1.29, 1.82) is 0 Å². The summed E-state index contributed by atoms with van der Waals surface area (Å²) in [5.74, 6) is 0.525. The summed E-state index contributed by atoms with van der Waals surface area (Å²) in [6.45, 7) is -0.472. The molecule has 0 spiro atoms. The maximum atomic E-state index is 12.6. The molecule has 1 heterocycles. The smallest absolute Gasteiger partial charge is 0.251 e. The van der Waals surface area contributed by atoms with Crippen LogP contribution in [0.25, 0.3) is 11.0 Å². The number of aromatic nitrogens is 2. The number of hydrogen-bond acceptors (Lipinski definition) is 7. The summed E-state index contributed by atoms with van der Waals surface area (Å²) >= 11 is 12.2. The minimum absolute atomic E-state index is 0.0619. The first-order valence-corrected chi connectivity index (χ1v) is 11.6. The van der Waals surface area contributed by atoms with Gasteiger partial charge in [-0.05, 0) is 42.5 Å². The molecule has 4 aromatic rings. The van der Waals surface area contributed by atoms with Crippen LogP contribution in [0.4, 0.5) is 0 Å². The number of H-pyrrole nitrogens is 1. The number of aliphatic hydroxyl groups is 3. The largest absolute Gasteiger partial charge is 0.485 e. The summed E-state index contributed by atoms with van der Waals surface area (Å²) in [5.41, 5.74) is 2.51. The highest BCUT2D eigenvalue weighted by molar-refractivity contribution is 6.35. The van der Waals surface area contributed by atoms with Crippen LogP contribution < -0.4 is 14.8 Å². The van der Waals surface area contributed by atoms with Gasteiger partial charge in [0.2, 0.25) is 0 Å². The minimum Gasteiger partial charge on any atom is -0.485 e. The molecule has 0 fully saturated rings. The molecule has 0 aliphatic heterocycles. The second kappa shape index (κ2) is 11.6. The Hall–Kier alpha value is -3.34. The second-order valence-electron chi connectivity index (χ2n) is 7.85. The summed E-state index contributed by atoms with van der Waals surface area (Å²) in [5, 5.41) is 31.2. The number of rotatable bonds is 10. The fraction of sp³-hybridized carbons (Fsp3) is 0.200. The molecular weight excluding hydrogens is 509 g/mol. The Kier molecular flexibility index (Phi) is 8.29. The minimum atomic E-state index is -1.92. The number of ether oxygens (including phenoxy) is 2. The first-order valence-electron chi connectivity index (χ1n) is 10.9. The number of amides is 1. The summed E-state index contributed by atoms with van der Waals surface area (Å²) in [6, 6.07) is 15.8. The van der Waals surface area contributed by atoms with E-state index in [0.29, 0.717) is 27.2 Å². The molecule has 0 bridgehead atoms. The molecule has 3 aromatic carbocycles. The quantitative estimate of drug-likeness (QED) is 0.198. The molecule has 1 aromatic heterocycles. The Labute approximate surface area is 216 Å². The summed E-state index contributed by atoms with van der Waals surface area (Å²) in [4.78, 5) is 20.3. The number of aromatic amines is 1. The third-order valence-corrected chi connectivity index (χ3v) is 5.87. The lowest BCUT2D eigenvalue weighted by atomic mass is 10.1. The number of halogens is 2. The Balaban J connectivity index is 1.56. The molecule has 188 valence electrons. The van der Waals surface area contributed by atoms with Crippen molar-refractivity contribution in [2.24, 2.45) is 0 Å². The van der Waals surface area contributed by atoms with E-state index < -0.39 is 24.8 Å². The predicted molar refractivity (Wildman–Crippen MR) is 134 cm³/mol. The average molecular weight is 532 g/mol. The van der Waals surface area contributed by atoms with Crippen molar-refractivity contribution in [3.63, 3.8) is 0 Å². The number of imidazole rings is 1. The van der Waals surface area contributed by atoms with E-state index in [0.717, 1.165) is 11.0 Å². The summed E-state index contributed by atoms with van der Waals surface area (Å²) in [6.07, 6.45) is -1.92. The van der Waals surface area contributed by atoms with Gasteiger partial charge in [-0.25, -0.2) is 4.98 Å². The van der Waals surface area contributed by atoms with Gasteiger partial charge in [0.05, 0.1) is 17.6 Å². The van der Waals surface area contributed by atoms with Crippen molar-refractivity contribution in [2.45, 2.75) is 25.5 Å². The standard InChI is InChI=1S/C25H23Cl2N3O6/c26-16-7-5-15(17(27)10-16)12-35-21-8-6-14(24(32)30-20(11-31)25(33)34)9-22(21)36-13-23-28-18-3-1-2-4-19(18)29-23/h1-10,20,25,31,33-34H,11-13H2,(H,28,29)(H,30,32). The average Bonchev–Trinajstić information content (AvgIpc) is 3.28. The van der Waals surface area contributed by atoms with Crippen LogP contribution in [0.15, 0.2) is 60.7 Å². The third kappa shape index (κ3) is 6.26. The van der Waals surface area contributed by atoms with Crippen LogP contribution >= 0.6 is 23.2 Å². The third-order valence-electron chi connectivity index (χ3n) is 5.28. The lowest BCUT2D eigenvalue weighted by Gasteiger charge is -2.19. The summed E-state index contributed by atoms with van der Waals surface area (Å²) < 4.78 is 11.9. The van der Waals surface area contributed by atoms with Gasteiger partial charge in [-0.3, -0.25) is 4.79 Å². The molecule has 1 atom stereocenters. The summed E-state index contributed by atoms with van der Waals surface area (Å²) in [7, 11) is 0. The molecule has 0 aliphatic carbocycles. The number of benzene rings is 3. The first kappa shape index (κ1) is 25.7. The van der Waals surface area contributed by atoms with Crippen LogP contribution in [0.2, 0.25) is 10.0 Å². The van der Waals surface area contributed by atoms with E-state index in [1.165, 1.54) is 12.1 Å². The molecule has 5 N–H and O–H groups in total. The highest BCUT2D eigenvalue weighted by atomic mass is 35.5. The zero-order valence-electron chi connectivity index (χ0n) is 18.8. The van der Waals surface area contributed by atoms with E-state index >= 15 is 0 Å². The number of nitrogens with zero attached hydrogens (tertiary/aromatic N) is 1. The fourth-order valence-electron chi connectivity index (χ4n) is 3.36. The molecule has 0 radical (unpaired) electrons. The Morgan fingerprint density at radius 3 is 2.50 bits per heavy atom. The Bertz CT molecular complexity index is 1330. The van der Waals surface area contributed by atoms with Crippen molar-refractivity contribution < 1.29 is 29.6 Å². The number of nitrogens with one attached hydrogen (secondary N) is 2. The monoisotopic (exact) mass is 531 g/mol. The van der Waals surface area contributed by atoms with Crippen molar-refractivity contribution in [2.75, 3.05) is 6.61 Å². The SMILES string of the molecule is O=C(NC(CO)C(O)O)c1ccc(OCc2ccc(Cl)cc2Cl)c(OCc2nc3ccccc3[nH]2)c1. The van der Waals surface area contributed by atoms with Crippen LogP contribution in [0.1, 0.15) is 21.7 Å². The van der Waals surface area contributed by atoms with E-state index in [1.54, 1.807) is 24.3 Å². The molecule has 11 heteroatoms. The van der Waals surface area contributed by atoms with Crippen LogP contribution in [0, 0.1) is 0 Å². The van der Waals surface area contributed by atoms with Gasteiger partial charge in [-0.15, -0.1) is 0 Å². The lowest BCUT2D eigenvalue weighted by Crippen LogP contribution is -2.45. The van der Waals surface area contributed by atoms with Gasteiger partial charge in [0.15, 0.2) is 17.8 Å². The number of para-hydroxylation sites is 2. The lowest BCUT2D eigenvalue weighted by molar-refractivity contribution is -0.0755. The molecular formula is C25H23Cl2N3O6. The van der Waals surface area contributed by atoms with E-state index in [2.05, 4.69) is 15.3 Å². The van der Waals surface area contributed by atoms with Crippen LogP contribution in [0.3, 0.4) is 0 Å². The van der Waals surface area contributed by atoms with Gasteiger partial charge in [-0.1, -0.05) is 41.4 Å². The van der Waals surface area contributed by atoms with Crippen LogP contribution in [0.5, 0.6) is 11.5 Å². The zero-order valence-corrected chi connectivity index (χ0v) is 20.3. The molecule has 0 saturated heterocycles.